The molecule has 0 saturated heterocycles. The molecular weight excluding hydrogens is 683 g/mol. The van der Waals surface area contributed by atoms with Crippen molar-refractivity contribution < 1.29 is 0 Å². The number of para-hydroxylation sites is 1. The van der Waals surface area contributed by atoms with Crippen LogP contribution in [0.5, 0.6) is 0 Å². The van der Waals surface area contributed by atoms with Crippen molar-refractivity contribution in [2.24, 2.45) is 0 Å². The monoisotopic (exact) mass is 724 g/mol. The van der Waals surface area contributed by atoms with Gasteiger partial charge in [0.15, 0.2) is 0 Å². The van der Waals surface area contributed by atoms with Gasteiger partial charge in [-0.15, -0.1) is 11.3 Å². The van der Waals surface area contributed by atoms with E-state index in [9.17, 15) is 0 Å². The molecule has 4 heteroatoms. The summed E-state index contributed by atoms with van der Waals surface area (Å²) >= 11 is 1.99. The van der Waals surface area contributed by atoms with Crippen LogP contribution in [0.15, 0.2) is 133 Å². The Hall–Kier alpha value is -5.58. The number of rotatable bonds is 2. The van der Waals surface area contributed by atoms with E-state index in [1.54, 1.807) is 0 Å². The molecule has 264 valence electrons. The SMILES string of the molecule is Cc1cc2c3c4c1c1cc5ccccc5cc1n4-c1c(sc4ccc(-c5ccccc5)cc14)B3N(c1ccc3c(c1)C(C)(C)CCC3(C)C)c1ccccc1-2. The van der Waals surface area contributed by atoms with Gasteiger partial charge in [-0.05, 0) is 123 Å². The molecule has 9 aromatic rings. The number of benzene rings is 7. The van der Waals surface area contributed by atoms with E-state index in [0.29, 0.717) is 0 Å². The van der Waals surface area contributed by atoms with Crippen LogP contribution in [-0.4, -0.2) is 11.4 Å². The third kappa shape index (κ3) is 4.21. The number of aromatic nitrogens is 1. The molecule has 2 aromatic heterocycles. The van der Waals surface area contributed by atoms with Crippen LogP contribution in [0.3, 0.4) is 0 Å². The molecular formula is C51H41BN2S. The molecule has 0 radical (unpaired) electrons. The maximum atomic E-state index is 2.72. The Balaban J connectivity index is 1.25. The molecule has 55 heavy (non-hydrogen) atoms. The number of anilines is 2. The van der Waals surface area contributed by atoms with Crippen LogP contribution in [0.2, 0.25) is 0 Å². The lowest BCUT2D eigenvalue weighted by Gasteiger charge is -2.44. The van der Waals surface area contributed by atoms with Crippen LogP contribution < -0.4 is 15.1 Å². The summed E-state index contributed by atoms with van der Waals surface area (Å²) in [5, 5.41) is 6.61. The number of hydrogen-bond donors (Lipinski definition) is 0. The van der Waals surface area contributed by atoms with Crippen LogP contribution in [-0.2, 0) is 10.8 Å². The number of thiophene rings is 1. The highest BCUT2D eigenvalue weighted by Crippen LogP contribution is 2.51. The predicted octanol–water partition coefficient (Wildman–Crippen LogP) is 12.7. The molecule has 1 aliphatic carbocycles. The Morgan fingerprint density at radius 3 is 2.16 bits per heavy atom. The number of fused-ring (bicyclic) bond motifs is 12. The molecule has 7 aromatic carbocycles. The molecule has 0 unspecified atom stereocenters. The van der Waals surface area contributed by atoms with Crippen molar-refractivity contribution in [2.75, 3.05) is 4.81 Å². The van der Waals surface area contributed by atoms with Gasteiger partial charge in [0.2, 0.25) is 0 Å². The first-order chi connectivity index (χ1) is 26.7. The third-order valence-corrected chi connectivity index (χ3v) is 14.7. The predicted molar refractivity (Wildman–Crippen MR) is 238 cm³/mol. The fourth-order valence-corrected chi connectivity index (χ4v) is 11.9. The summed E-state index contributed by atoms with van der Waals surface area (Å²) in [6.07, 6.45) is 2.40. The second kappa shape index (κ2) is 10.8. The largest absolute Gasteiger partial charge is 0.376 e. The van der Waals surface area contributed by atoms with Gasteiger partial charge in [-0.2, -0.15) is 0 Å². The maximum absolute atomic E-state index is 2.72. The molecule has 4 heterocycles. The van der Waals surface area contributed by atoms with Gasteiger partial charge in [-0.1, -0.05) is 119 Å². The van der Waals surface area contributed by atoms with Crippen LogP contribution >= 0.6 is 11.3 Å². The molecule has 2 aliphatic heterocycles. The summed E-state index contributed by atoms with van der Waals surface area (Å²) in [7, 11) is 0. The van der Waals surface area contributed by atoms with Crippen LogP contribution in [0.4, 0.5) is 11.4 Å². The van der Waals surface area contributed by atoms with Gasteiger partial charge in [-0.25, -0.2) is 0 Å². The van der Waals surface area contributed by atoms with Gasteiger partial charge < -0.3 is 9.38 Å². The lowest BCUT2D eigenvalue weighted by atomic mass is 9.47. The minimum atomic E-state index is 0.0181. The standard InChI is InChI=1S/C51H41BN2S/c1-30-25-37-36-17-11-12-18-42(36)54(35-20-21-40-41(29-35)51(4,5)24-23-50(40,2)3)52-46(37)48-45(30)38-26-32-15-9-10-16-33(32)28-43(38)53(48)47-39-27-34(31-13-7-6-8-14-31)19-22-44(39)55-49(47)52/h6-22,25-29H,23-24H2,1-5H3. The second-order valence-electron chi connectivity index (χ2n) is 17.6. The zero-order chi connectivity index (χ0) is 37.0. The Morgan fingerprint density at radius 1 is 0.618 bits per heavy atom. The minimum absolute atomic E-state index is 0.0181. The summed E-state index contributed by atoms with van der Waals surface area (Å²) in [5.41, 5.74) is 17.8. The summed E-state index contributed by atoms with van der Waals surface area (Å²) in [6, 6.07) is 51.0. The Bertz CT molecular complexity index is 3130. The average Bonchev–Trinajstić information content (AvgIpc) is 3.74. The van der Waals surface area contributed by atoms with Crippen LogP contribution in [0.25, 0.3) is 70.6 Å². The quantitative estimate of drug-likeness (QED) is 0.161. The first-order valence-electron chi connectivity index (χ1n) is 19.8. The molecule has 0 N–H and O–H groups in total. The van der Waals surface area contributed by atoms with Crippen molar-refractivity contribution in [1.82, 2.24) is 4.57 Å². The Kier molecular flexibility index (Phi) is 6.23. The molecule has 3 aliphatic rings. The number of hydrogen-bond acceptors (Lipinski definition) is 2. The summed E-state index contributed by atoms with van der Waals surface area (Å²) in [5.74, 6) is 0. The normalized spacial score (nSPS) is 16.2. The number of nitrogens with zero attached hydrogens (tertiary/aromatic N) is 2. The highest BCUT2D eigenvalue weighted by molar-refractivity contribution is 7.32. The lowest BCUT2D eigenvalue weighted by Crippen LogP contribution is -2.59. The van der Waals surface area contributed by atoms with Crippen molar-refractivity contribution in [3.05, 3.63) is 150 Å². The maximum Gasteiger partial charge on any atom is 0.343 e. The Morgan fingerprint density at radius 2 is 1.35 bits per heavy atom. The summed E-state index contributed by atoms with van der Waals surface area (Å²) < 4.78 is 5.42. The average molecular weight is 725 g/mol. The van der Waals surface area contributed by atoms with E-state index in [0.717, 1.165) is 0 Å². The highest BCUT2D eigenvalue weighted by atomic mass is 32.1. The van der Waals surface area contributed by atoms with Crippen LogP contribution in [0, 0.1) is 6.92 Å². The van der Waals surface area contributed by atoms with Crippen molar-refractivity contribution in [3.8, 4) is 27.9 Å². The highest BCUT2D eigenvalue weighted by Gasteiger charge is 2.47. The van der Waals surface area contributed by atoms with E-state index in [1.165, 1.54) is 122 Å². The van der Waals surface area contributed by atoms with Crippen molar-refractivity contribution in [1.29, 1.82) is 0 Å². The van der Waals surface area contributed by atoms with Crippen molar-refractivity contribution >= 4 is 82.5 Å². The van der Waals surface area contributed by atoms with Crippen molar-refractivity contribution in [2.45, 2.75) is 58.3 Å². The van der Waals surface area contributed by atoms with Crippen LogP contribution in [0.1, 0.15) is 57.2 Å². The first-order valence-corrected chi connectivity index (χ1v) is 20.7. The summed E-state index contributed by atoms with van der Waals surface area (Å²) in [4.78, 5) is 2.72. The third-order valence-electron chi connectivity index (χ3n) is 13.5. The molecule has 0 bridgehead atoms. The Labute approximate surface area is 326 Å². The topological polar surface area (TPSA) is 8.17 Å². The molecule has 0 fully saturated rings. The van der Waals surface area contributed by atoms with E-state index in [1.807, 2.05) is 11.3 Å². The van der Waals surface area contributed by atoms with Gasteiger partial charge in [0.25, 0.3) is 0 Å². The zero-order valence-electron chi connectivity index (χ0n) is 32.0. The van der Waals surface area contributed by atoms with Gasteiger partial charge in [0.1, 0.15) is 0 Å². The fraction of sp³-hybridized carbons (Fsp3) is 0.176. The summed E-state index contributed by atoms with van der Waals surface area (Å²) in [6.45, 7) is 12.1. The first kappa shape index (κ1) is 31.7. The van der Waals surface area contributed by atoms with Crippen molar-refractivity contribution in [3.63, 3.8) is 0 Å². The van der Waals surface area contributed by atoms with E-state index in [2.05, 4.69) is 177 Å². The number of aryl methyl sites for hydroxylation is 1. The van der Waals surface area contributed by atoms with Gasteiger partial charge in [-0.3, -0.25) is 0 Å². The zero-order valence-corrected chi connectivity index (χ0v) is 32.8. The molecule has 0 amide bonds. The van der Waals surface area contributed by atoms with E-state index in [4.69, 9.17) is 0 Å². The lowest BCUT2D eigenvalue weighted by molar-refractivity contribution is 0.332. The van der Waals surface area contributed by atoms with Gasteiger partial charge in [0.05, 0.1) is 16.7 Å². The van der Waals surface area contributed by atoms with E-state index in [-0.39, 0.29) is 17.7 Å². The molecule has 0 atom stereocenters. The molecule has 0 spiro atoms. The van der Waals surface area contributed by atoms with E-state index < -0.39 is 0 Å². The second-order valence-corrected chi connectivity index (χ2v) is 18.7. The van der Waals surface area contributed by atoms with Gasteiger partial charge >= 0.3 is 6.85 Å². The fourth-order valence-electron chi connectivity index (χ4n) is 10.6. The molecule has 12 rings (SSSR count). The molecule has 0 saturated carbocycles. The smallest absolute Gasteiger partial charge is 0.343 e. The van der Waals surface area contributed by atoms with Gasteiger partial charge in [0, 0.05) is 42.6 Å². The van der Waals surface area contributed by atoms with E-state index >= 15 is 0 Å². The minimum Gasteiger partial charge on any atom is -0.376 e. The molecule has 2 nitrogen and oxygen atoms in total.